The van der Waals surface area contributed by atoms with Gasteiger partial charge in [0.05, 0.1) is 10.2 Å². The van der Waals surface area contributed by atoms with Crippen LogP contribution in [-0.4, -0.2) is 16.6 Å². The molecule has 3 N–H and O–H groups in total. The molecule has 0 fully saturated rings. The van der Waals surface area contributed by atoms with Crippen LogP contribution >= 0.6 is 22.9 Å². The normalized spacial score (nSPS) is 13.4. The number of thiophene rings is 1. The van der Waals surface area contributed by atoms with Crippen LogP contribution in [0.15, 0.2) is 18.2 Å². The topological polar surface area (TPSA) is 59.1 Å². The van der Waals surface area contributed by atoms with E-state index in [1.165, 1.54) is 11.3 Å². The molecule has 0 bridgehead atoms. The van der Waals surface area contributed by atoms with Gasteiger partial charge in [-0.05, 0) is 18.2 Å². The summed E-state index contributed by atoms with van der Waals surface area (Å²) in [5.41, 5.74) is 6.18. The summed E-state index contributed by atoms with van der Waals surface area (Å²) in [5.74, 6) is 0. The lowest BCUT2D eigenvalue weighted by molar-refractivity contribution is 0.190. The Kier molecular flexibility index (Phi) is 2.69. The first-order chi connectivity index (χ1) is 6.70. The van der Waals surface area contributed by atoms with Crippen molar-refractivity contribution >= 4 is 33.2 Å². The summed E-state index contributed by atoms with van der Waals surface area (Å²) in [4.78, 5) is 4.97. The summed E-state index contributed by atoms with van der Waals surface area (Å²) in [5, 5.41) is 9.99. The average Bonchev–Trinajstić information content (AvgIpc) is 2.59. The molecule has 14 heavy (non-hydrogen) atoms. The van der Waals surface area contributed by atoms with Crippen molar-refractivity contribution < 1.29 is 5.11 Å². The van der Waals surface area contributed by atoms with E-state index >= 15 is 0 Å². The zero-order valence-corrected chi connectivity index (χ0v) is 8.85. The van der Waals surface area contributed by atoms with Gasteiger partial charge in [-0.15, -0.1) is 11.3 Å². The molecule has 0 aromatic carbocycles. The standard InChI is InChI=1S/C9H9ClN2OS/c10-9-2-1-7-5(12-9)3-8(14-7)6(13)4-11/h1-3,6,13H,4,11H2. The van der Waals surface area contributed by atoms with Crippen molar-refractivity contribution in [1.29, 1.82) is 0 Å². The fourth-order valence-electron chi connectivity index (χ4n) is 1.20. The maximum atomic E-state index is 9.52. The summed E-state index contributed by atoms with van der Waals surface area (Å²) in [7, 11) is 0. The quantitative estimate of drug-likeness (QED) is 0.773. The van der Waals surface area contributed by atoms with Crippen molar-refractivity contribution in [2.45, 2.75) is 6.10 Å². The van der Waals surface area contributed by atoms with Gasteiger partial charge >= 0.3 is 0 Å². The molecule has 0 saturated carbocycles. The average molecular weight is 229 g/mol. The summed E-state index contributed by atoms with van der Waals surface area (Å²) in [6.07, 6.45) is -0.604. The minimum atomic E-state index is -0.604. The summed E-state index contributed by atoms with van der Waals surface area (Å²) in [6, 6.07) is 5.45. The molecule has 1 atom stereocenters. The van der Waals surface area contributed by atoms with Crippen molar-refractivity contribution in [2.24, 2.45) is 5.73 Å². The Balaban J connectivity index is 2.51. The van der Waals surface area contributed by atoms with Crippen molar-refractivity contribution in [3.05, 3.63) is 28.2 Å². The van der Waals surface area contributed by atoms with E-state index in [1.807, 2.05) is 12.1 Å². The first-order valence-corrected chi connectivity index (χ1v) is 5.34. The van der Waals surface area contributed by atoms with Gasteiger partial charge in [-0.3, -0.25) is 0 Å². The number of fused-ring (bicyclic) bond motifs is 1. The molecule has 2 aromatic rings. The van der Waals surface area contributed by atoms with Crippen LogP contribution in [0.5, 0.6) is 0 Å². The monoisotopic (exact) mass is 228 g/mol. The highest BCUT2D eigenvalue weighted by Gasteiger charge is 2.10. The number of hydrogen-bond donors (Lipinski definition) is 2. The number of aromatic nitrogens is 1. The van der Waals surface area contributed by atoms with Crippen LogP contribution in [0, 0.1) is 0 Å². The summed E-state index contributed by atoms with van der Waals surface area (Å²) < 4.78 is 1.01. The molecule has 2 rings (SSSR count). The van der Waals surface area contributed by atoms with E-state index in [0.717, 1.165) is 15.1 Å². The molecular weight excluding hydrogens is 220 g/mol. The number of pyridine rings is 1. The highest BCUT2D eigenvalue weighted by molar-refractivity contribution is 7.19. The zero-order valence-electron chi connectivity index (χ0n) is 7.27. The first-order valence-electron chi connectivity index (χ1n) is 4.15. The highest BCUT2D eigenvalue weighted by Crippen LogP contribution is 2.29. The molecule has 2 aromatic heterocycles. The van der Waals surface area contributed by atoms with Crippen LogP contribution in [-0.2, 0) is 0 Å². The van der Waals surface area contributed by atoms with Gasteiger partial charge in [0.25, 0.3) is 0 Å². The molecule has 0 saturated heterocycles. The SMILES string of the molecule is NCC(O)c1cc2nc(Cl)ccc2s1. The molecule has 0 aliphatic heterocycles. The highest BCUT2D eigenvalue weighted by atomic mass is 35.5. The predicted molar refractivity (Wildman–Crippen MR) is 58.6 cm³/mol. The molecule has 5 heteroatoms. The van der Waals surface area contributed by atoms with Crippen LogP contribution in [0.1, 0.15) is 11.0 Å². The van der Waals surface area contributed by atoms with E-state index in [9.17, 15) is 5.11 Å². The van der Waals surface area contributed by atoms with Crippen LogP contribution in [0.4, 0.5) is 0 Å². The molecular formula is C9H9ClN2OS. The summed E-state index contributed by atoms with van der Waals surface area (Å²) in [6.45, 7) is 0.223. The van der Waals surface area contributed by atoms with E-state index in [-0.39, 0.29) is 6.54 Å². The van der Waals surface area contributed by atoms with E-state index < -0.39 is 6.10 Å². The lowest BCUT2D eigenvalue weighted by Gasteiger charge is -2.01. The van der Waals surface area contributed by atoms with Gasteiger partial charge < -0.3 is 10.8 Å². The molecule has 0 amide bonds. The lowest BCUT2D eigenvalue weighted by Crippen LogP contribution is -2.09. The second-order valence-electron chi connectivity index (χ2n) is 2.92. The lowest BCUT2D eigenvalue weighted by atomic mass is 10.3. The van der Waals surface area contributed by atoms with Gasteiger partial charge in [0.1, 0.15) is 11.3 Å². The molecule has 74 valence electrons. The third-order valence-electron chi connectivity index (χ3n) is 1.91. The number of hydrogen-bond acceptors (Lipinski definition) is 4. The van der Waals surface area contributed by atoms with E-state index in [1.54, 1.807) is 6.07 Å². The Morgan fingerprint density at radius 2 is 2.36 bits per heavy atom. The van der Waals surface area contributed by atoms with Gasteiger partial charge in [-0.25, -0.2) is 4.98 Å². The second kappa shape index (κ2) is 3.82. The van der Waals surface area contributed by atoms with Crippen molar-refractivity contribution in [1.82, 2.24) is 4.98 Å². The fraction of sp³-hybridized carbons (Fsp3) is 0.222. The predicted octanol–water partition coefficient (Wildman–Crippen LogP) is 1.94. The van der Waals surface area contributed by atoms with Gasteiger partial charge in [0, 0.05) is 11.4 Å². The van der Waals surface area contributed by atoms with Gasteiger partial charge in [0.15, 0.2) is 0 Å². The molecule has 0 aliphatic carbocycles. The summed E-state index contributed by atoms with van der Waals surface area (Å²) >= 11 is 7.24. The third-order valence-corrected chi connectivity index (χ3v) is 3.31. The molecule has 1 unspecified atom stereocenters. The molecule has 0 spiro atoms. The van der Waals surface area contributed by atoms with Gasteiger partial charge in [-0.2, -0.15) is 0 Å². The van der Waals surface area contributed by atoms with Crippen LogP contribution in [0.25, 0.3) is 10.2 Å². The van der Waals surface area contributed by atoms with Gasteiger partial charge in [0.2, 0.25) is 0 Å². The molecule has 0 radical (unpaired) electrons. The third kappa shape index (κ3) is 1.74. The largest absolute Gasteiger partial charge is 0.386 e. The van der Waals surface area contributed by atoms with Crippen LogP contribution in [0.3, 0.4) is 0 Å². The smallest absolute Gasteiger partial charge is 0.129 e. The van der Waals surface area contributed by atoms with E-state index in [4.69, 9.17) is 17.3 Å². The maximum Gasteiger partial charge on any atom is 0.129 e. The number of aliphatic hydroxyl groups is 1. The van der Waals surface area contributed by atoms with Crippen LogP contribution < -0.4 is 5.73 Å². The fourth-order valence-corrected chi connectivity index (χ4v) is 2.35. The van der Waals surface area contributed by atoms with E-state index in [2.05, 4.69) is 4.98 Å². The Hall–Kier alpha value is -0.680. The van der Waals surface area contributed by atoms with Crippen molar-refractivity contribution in [2.75, 3.05) is 6.54 Å². The van der Waals surface area contributed by atoms with Crippen LogP contribution in [0.2, 0.25) is 5.15 Å². The Labute approximate surface area is 90.1 Å². The first kappa shape index (κ1) is 9.86. The molecule has 3 nitrogen and oxygen atoms in total. The van der Waals surface area contributed by atoms with Crippen molar-refractivity contribution in [3.8, 4) is 0 Å². The van der Waals surface area contributed by atoms with Crippen molar-refractivity contribution in [3.63, 3.8) is 0 Å². The number of nitrogens with zero attached hydrogens (tertiary/aromatic N) is 1. The minimum absolute atomic E-state index is 0.223. The number of rotatable bonds is 2. The molecule has 2 heterocycles. The number of aliphatic hydroxyl groups excluding tert-OH is 1. The Bertz CT molecular complexity index is 457. The van der Waals surface area contributed by atoms with E-state index in [0.29, 0.717) is 5.15 Å². The Morgan fingerprint density at radius 1 is 1.57 bits per heavy atom. The Morgan fingerprint density at radius 3 is 3.07 bits per heavy atom. The second-order valence-corrected chi connectivity index (χ2v) is 4.42. The zero-order chi connectivity index (χ0) is 10.1. The molecule has 0 aliphatic rings. The number of halogens is 1. The van der Waals surface area contributed by atoms with Gasteiger partial charge in [-0.1, -0.05) is 11.6 Å². The maximum absolute atomic E-state index is 9.52. The minimum Gasteiger partial charge on any atom is -0.386 e. The number of nitrogens with two attached hydrogens (primary N) is 1.